The van der Waals surface area contributed by atoms with E-state index in [4.69, 9.17) is 4.74 Å². The highest BCUT2D eigenvalue weighted by Gasteiger charge is 2.51. The van der Waals surface area contributed by atoms with E-state index in [1.165, 1.54) is 12.8 Å². The number of rotatable bonds is 6. The van der Waals surface area contributed by atoms with Gasteiger partial charge in [-0.2, -0.15) is 5.10 Å². The molecule has 2 unspecified atom stereocenters. The molecule has 1 saturated heterocycles. The highest BCUT2D eigenvalue weighted by atomic mass is 16.5. The Morgan fingerprint density at radius 2 is 2.30 bits per heavy atom. The first kappa shape index (κ1) is 14.0. The van der Waals surface area contributed by atoms with E-state index in [0.717, 1.165) is 37.7 Å². The molecule has 2 fully saturated rings. The lowest BCUT2D eigenvalue weighted by Crippen LogP contribution is -2.45. The first-order valence-corrected chi connectivity index (χ1v) is 7.78. The number of nitrogens with zero attached hydrogens (tertiary/aromatic N) is 3. The number of aromatic nitrogens is 3. The van der Waals surface area contributed by atoms with Gasteiger partial charge in [0.05, 0.1) is 6.10 Å². The van der Waals surface area contributed by atoms with Gasteiger partial charge in [0.1, 0.15) is 12.2 Å². The van der Waals surface area contributed by atoms with E-state index >= 15 is 0 Å². The molecule has 2 aliphatic rings. The zero-order chi connectivity index (χ0) is 14.2. The fraction of sp³-hybridized carbons (Fsp3) is 0.867. The molecule has 2 atom stereocenters. The van der Waals surface area contributed by atoms with Gasteiger partial charge >= 0.3 is 0 Å². The lowest BCUT2D eigenvalue weighted by atomic mass is 9.75. The van der Waals surface area contributed by atoms with Gasteiger partial charge < -0.3 is 10.1 Å². The molecule has 112 valence electrons. The number of aryl methyl sites for hydroxylation is 1. The van der Waals surface area contributed by atoms with Gasteiger partial charge in [-0.05, 0) is 25.2 Å². The monoisotopic (exact) mass is 278 g/mol. The van der Waals surface area contributed by atoms with Crippen molar-refractivity contribution >= 4 is 0 Å². The lowest BCUT2D eigenvalue weighted by molar-refractivity contribution is 0.0286. The van der Waals surface area contributed by atoms with Crippen molar-refractivity contribution in [1.82, 2.24) is 20.1 Å². The molecular formula is C15H26N4O. The van der Waals surface area contributed by atoms with Crippen LogP contribution in [0.5, 0.6) is 0 Å². The molecule has 5 nitrogen and oxygen atoms in total. The van der Waals surface area contributed by atoms with Crippen LogP contribution < -0.4 is 5.32 Å². The van der Waals surface area contributed by atoms with E-state index in [2.05, 4.69) is 29.2 Å². The van der Waals surface area contributed by atoms with Crippen LogP contribution in [0.1, 0.15) is 38.9 Å². The van der Waals surface area contributed by atoms with E-state index in [9.17, 15) is 0 Å². The summed E-state index contributed by atoms with van der Waals surface area (Å²) < 4.78 is 8.02. The Balaban J connectivity index is 1.80. The molecule has 1 aromatic heterocycles. The molecule has 0 bridgehead atoms. The highest BCUT2D eigenvalue weighted by Crippen LogP contribution is 2.49. The Morgan fingerprint density at radius 3 is 2.90 bits per heavy atom. The van der Waals surface area contributed by atoms with Crippen LogP contribution >= 0.6 is 0 Å². The van der Waals surface area contributed by atoms with E-state index < -0.39 is 0 Å². The Labute approximate surface area is 121 Å². The van der Waals surface area contributed by atoms with Crippen molar-refractivity contribution in [3.63, 3.8) is 0 Å². The number of hydrogen-bond donors (Lipinski definition) is 1. The molecule has 5 heteroatoms. The summed E-state index contributed by atoms with van der Waals surface area (Å²) in [6.07, 6.45) is 6.79. The van der Waals surface area contributed by atoms with Crippen LogP contribution in [0.2, 0.25) is 0 Å². The standard InChI is InChI=1S/C15H26N4O/c1-11(2)16-9-15(8-13-17-10-18-19(13)3)6-7-20-14(15)12-4-5-12/h10-12,14,16H,4-9H2,1-3H3. The molecule has 2 heterocycles. The molecule has 0 amide bonds. The van der Waals surface area contributed by atoms with Crippen LogP contribution in [-0.2, 0) is 18.2 Å². The van der Waals surface area contributed by atoms with E-state index in [-0.39, 0.29) is 5.41 Å². The van der Waals surface area contributed by atoms with Crippen LogP contribution in [0.15, 0.2) is 6.33 Å². The molecule has 1 aromatic rings. The first-order chi connectivity index (χ1) is 9.61. The minimum absolute atomic E-state index is 0.187. The minimum Gasteiger partial charge on any atom is -0.377 e. The normalized spacial score (nSPS) is 30.3. The second-order valence-corrected chi connectivity index (χ2v) is 6.75. The van der Waals surface area contributed by atoms with Gasteiger partial charge in [-0.1, -0.05) is 13.8 Å². The average molecular weight is 278 g/mol. The molecule has 20 heavy (non-hydrogen) atoms. The zero-order valence-corrected chi connectivity index (χ0v) is 12.8. The molecule has 1 aliphatic carbocycles. The van der Waals surface area contributed by atoms with Crippen molar-refractivity contribution in [3.05, 3.63) is 12.2 Å². The number of ether oxygens (including phenoxy) is 1. The summed E-state index contributed by atoms with van der Waals surface area (Å²) >= 11 is 0. The minimum atomic E-state index is 0.187. The maximum atomic E-state index is 6.12. The summed E-state index contributed by atoms with van der Waals surface area (Å²) in [5.41, 5.74) is 0.187. The molecule has 0 spiro atoms. The third kappa shape index (κ3) is 2.74. The predicted octanol–water partition coefficient (Wildman–Crippen LogP) is 1.54. The van der Waals surface area contributed by atoms with Crippen LogP contribution in [0.3, 0.4) is 0 Å². The quantitative estimate of drug-likeness (QED) is 0.857. The maximum absolute atomic E-state index is 6.12. The fourth-order valence-corrected chi connectivity index (χ4v) is 3.39. The van der Waals surface area contributed by atoms with Crippen LogP contribution in [0.25, 0.3) is 0 Å². The third-order valence-corrected chi connectivity index (χ3v) is 4.73. The summed E-state index contributed by atoms with van der Waals surface area (Å²) in [7, 11) is 1.98. The average Bonchev–Trinajstić information content (AvgIpc) is 3.05. The second kappa shape index (κ2) is 5.45. The first-order valence-electron chi connectivity index (χ1n) is 7.78. The molecule has 1 saturated carbocycles. The van der Waals surface area contributed by atoms with Crippen LogP contribution in [0.4, 0.5) is 0 Å². The topological polar surface area (TPSA) is 52.0 Å². The van der Waals surface area contributed by atoms with Gasteiger partial charge in [0.2, 0.25) is 0 Å². The van der Waals surface area contributed by atoms with Gasteiger partial charge in [-0.25, -0.2) is 4.98 Å². The molecule has 1 aliphatic heterocycles. The van der Waals surface area contributed by atoms with Gasteiger partial charge in [-0.15, -0.1) is 0 Å². The van der Waals surface area contributed by atoms with Crippen molar-refractivity contribution in [2.75, 3.05) is 13.2 Å². The van der Waals surface area contributed by atoms with Gasteiger partial charge in [0, 0.05) is 38.1 Å². The van der Waals surface area contributed by atoms with Crippen molar-refractivity contribution in [2.45, 2.75) is 51.7 Å². The summed E-state index contributed by atoms with van der Waals surface area (Å²) in [6, 6.07) is 0.506. The fourth-order valence-electron chi connectivity index (χ4n) is 3.39. The SMILES string of the molecule is CC(C)NCC1(Cc2ncnn2C)CCOC1C1CC1. The van der Waals surface area contributed by atoms with E-state index in [1.54, 1.807) is 6.33 Å². The van der Waals surface area contributed by atoms with Crippen LogP contribution in [-0.4, -0.2) is 40.1 Å². The van der Waals surface area contributed by atoms with Gasteiger partial charge in [0.25, 0.3) is 0 Å². The van der Waals surface area contributed by atoms with Crippen molar-refractivity contribution in [2.24, 2.45) is 18.4 Å². The summed E-state index contributed by atoms with van der Waals surface area (Å²) in [4.78, 5) is 4.43. The van der Waals surface area contributed by atoms with Gasteiger partial charge in [0.15, 0.2) is 0 Å². The van der Waals surface area contributed by atoms with Crippen molar-refractivity contribution < 1.29 is 4.74 Å². The number of nitrogens with one attached hydrogen (secondary N) is 1. The highest BCUT2D eigenvalue weighted by molar-refractivity contribution is 5.05. The molecule has 3 rings (SSSR count). The summed E-state index contributed by atoms with van der Waals surface area (Å²) in [5.74, 6) is 1.84. The summed E-state index contributed by atoms with van der Waals surface area (Å²) in [5, 5.41) is 7.85. The zero-order valence-electron chi connectivity index (χ0n) is 12.8. The molecule has 0 radical (unpaired) electrons. The Kier molecular flexibility index (Phi) is 3.82. The Hall–Kier alpha value is -0.940. The Bertz CT molecular complexity index is 454. The number of hydrogen-bond acceptors (Lipinski definition) is 4. The van der Waals surface area contributed by atoms with E-state index in [1.807, 2.05) is 11.7 Å². The second-order valence-electron chi connectivity index (χ2n) is 6.75. The van der Waals surface area contributed by atoms with Crippen LogP contribution in [0, 0.1) is 11.3 Å². The molecular weight excluding hydrogens is 252 g/mol. The maximum Gasteiger partial charge on any atom is 0.138 e. The largest absolute Gasteiger partial charge is 0.377 e. The smallest absolute Gasteiger partial charge is 0.138 e. The summed E-state index contributed by atoms with van der Waals surface area (Å²) in [6.45, 7) is 6.31. The van der Waals surface area contributed by atoms with Crippen molar-refractivity contribution in [1.29, 1.82) is 0 Å². The molecule has 0 aromatic carbocycles. The Morgan fingerprint density at radius 1 is 1.50 bits per heavy atom. The predicted molar refractivity (Wildman–Crippen MR) is 77.4 cm³/mol. The lowest BCUT2D eigenvalue weighted by Gasteiger charge is -2.35. The van der Waals surface area contributed by atoms with E-state index in [0.29, 0.717) is 12.1 Å². The molecule has 1 N–H and O–H groups in total. The van der Waals surface area contributed by atoms with Gasteiger partial charge in [-0.3, -0.25) is 4.68 Å². The third-order valence-electron chi connectivity index (χ3n) is 4.73. The van der Waals surface area contributed by atoms with Crippen molar-refractivity contribution in [3.8, 4) is 0 Å².